The molecule has 2 heteroatoms. The van der Waals surface area contributed by atoms with Crippen molar-refractivity contribution in [1.29, 1.82) is 0 Å². The van der Waals surface area contributed by atoms with Crippen LogP contribution < -0.4 is 5.32 Å². The number of hydrogen-bond donors (Lipinski definition) is 1. The van der Waals surface area contributed by atoms with Gasteiger partial charge < -0.3 is 5.32 Å². The van der Waals surface area contributed by atoms with Crippen molar-refractivity contribution in [2.45, 2.75) is 59.5 Å². The second-order valence-electron chi connectivity index (χ2n) is 4.21. The maximum Gasteiger partial charge on any atom is 0.0269 e. The fourth-order valence-corrected chi connectivity index (χ4v) is 1.74. The molecule has 0 radical (unpaired) electrons. The Balaban J connectivity index is 4.01. The molecule has 2 unspecified atom stereocenters. The molecule has 0 saturated heterocycles. The predicted molar refractivity (Wildman–Crippen MR) is 69.0 cm³/mol. The first kappa shape index (κ1) is 14.5. The summed E-state index contributed by atoms with van der Waals surface area (Å²) in [6, 6.07) is 1.37. The van der Waals surface area contributed by atoms with Gasteiger partial charge in [0.1, 0.15) is 0 Å². The number of rotatable bonds is 8. The highest BCUT2D eigenvalue weighted by molar-refractivity contribution is 4.77. The highest BCUT2D eigenvalue weighted by Gasteiger charge is 2.16. The molecule has 0 aliphatic carbocycles. The molecular formula is C13H28N2. The van der Waals surface area contributed by atoms with Gasteiger partial charge in [-0.1, -0.05) is 19.9 Å². The van der Waals surface area contributed by atoms with Gasteiger partial charge in [0.25, 0.3) is 0 Å². The Labute approximate surface area is 95.7 Å². The van der Waals surface area contributed by atoms with Gasteiger partial charge in [0.15, 0.2) is 0 Å². The molecule has 0 fully saturated rings. The second kappa shape index (κ2) is 8.78. The lowest BCUT2D eigenvalue weighted by molar-refractivity contribution is 0.148. The van der Waals surface area contributed by atoms with E-state index in [0.717, 1.165) is 13.1 Å². The van der Waals surface area contributed by atoms with Crippen LogP contribution in [0.15, 0.2) is 12.3 Å². The molecule has 15 heavy (non-hydrogen) atoms. The minimum atomic E-state index is 0.687. The summed E-state index contributed by atoms with van der Waals surface area (Å²) < 4.78 is 0. The number of hydrogen-bond acceptors (Lipinski definition) is 2. The van der Waals surface area contributed by atoms with E-state index in [1.54, 1.807) is 0 Å². The molecule has 0 rings (SSSR count). The molecule has 2 atom stereocenters. The second-order valence-corrected chi connectivity index (χ2v) is 4.21. The lowest BCUT2D eigenvalue weighted by Crippen LogP contribution is -2.43. The quantitative estimate of drug-likeness (QED) is 0.622. The van der Waals surface area contributed by atoms with Crippen molar-refractivity contribution in [2.75, 3.05) is 13.1 Å². The van der Waals surface area contributed by atoms with Crippen LogP contribution in [-0.4, -0.2) is 30.1 Å². The van der Waals surface area contributed by atoms with E-state index in [2.05, 4.69) is 37.9 Å². The van der Waals surface area contributed by atoms with Crippen LogP contribution in [0.3, 0.4) is 0 Å². The molecule has 0 amide bonds. The first-order chi connectivity index (χ1) is 7.17. The molecule has 0 saturated carbocycles. The Hall–Kier alpha value is -0.500. The molecule has 2 nitrogen and oxygen atoms in total. The first-order valence-corrected chi connectivity index (χ1v) is 6.27. The van der Waals surface area contributed by atoms with Crippen molar-refractivity contribution in [2.24, 2.45) is 0 Å². The Bertz CT molecular complexity index is 156. The third-order valence-electron chi connectivity index (χ3n) is 3.11. The van der Waals surface area contributed by atoms with Gasteiger partial charge in [0, 0.05) is 25.2 Å². The number of allylic oxidation sites excluding steroid dienone is 1. The smallest absolute Gasteiger partial charge is 0.0269 e. The Morgan fingerprint density at radius 1 is 1.13 bits per heavy atom. The van der Waals surface area contributed by atoms with Crippen molar-refractivity contribution in [3.63, 3.8) is 0 Å². The fourth-order valence-electron chi connectivity index (χ4n) is 1.74. The average molecular weight is 212 g/mol. The average Bonchev–Trinajstić information content (AvgIpc) is 2.27. The highest BCUT2D eigenvalue weighted by Crippen LogP contribution is 2.10. The van der Waals surface area contributed by atoms with E-state index >= 15 is 0 Å². The van der Waals surface area contributed by atoms with Gasteiger partial charge in [0.05, 0.1) is 0 Å². The van der Waals surface area contributed by atoms with Crippen molar-refractivity contribution in [3.8, 4) is 0 Å². The molecule has 0 aromatic rings. The molecule has 0 spiro atoms. The van der Waals surface area contributed by atoms with Crippen LogP contribution in [0.25, 0.3) is 0 Å². The molecule has 0 bridgehead atoms. The van der Waals surface area contributed by atoms with Crippen molar-refractivity contribution in [3.05, 3.63) is 12.3 Å². The monoisotopic (exact) mass is 212 g/mol. The van der Waals surface area contributed by atoms with Gasteiger partial charge in [-0.2, -0.15) is 0 Å². The summed E-state index contributed by atoms with van der Waals surface area (Å²) >= 11 is 0. The van der Waals surface area contributed by atoms with E-state index < -0.39 is 0 Å². The molecule has 0 heterocycles. The maximum absolute atomic E-state index is 3.30. The third-order valence-corrected chi connectivity index (χ3v) is 3.11. The van der Waals surface area contributed by atoms with Gasteiger partial charge in [-0.15, -0.1) is 0 Å². The Morgan fingerprint density at radius 2 is 1.67 bits per heavy atom. The summed E-state index contributed by atoms with van der Waals surface area (Å²) in [4.78, 5) is 2.59. The van der Waals surface area contributed by atoms with Crippen molar-refractivity contribution < 1.29 is 0 Å². The van der Waals surface area contributed by atoms with Gasteiger partial charge in [-0.25, -0.2) is 0 Å². The van der Waals surface area contributed by atoms with Gasteiger partial charge in [-0.05, 0) is 39.8 Å². The van der Waals surface area contributed by atoms with Gasteiger partial charge in [0.2, 0.25) is 0 Å². The zero-order chi connectivity index (χ0) is 11.7. The minimum Gasteiger partial charge on any atom is -0.390 e. The van der Waals surface area contributed by atoms with Crippen molar-refractivity contribution >= 4 is 0 Å². The van der Waals surface area contributed by atoms with Crippen LogP contribution in [0.1, 0.15) is 47.5 Å². The normalized spacial score (nSPS) is 15.9. The molecule has 0 aromatic heterocycles. The Morgan fingerprint density at radius 3 is 2.07 bits per heavy atom. The molecular weight excluding hydrogens is 184 g/mol. The lowest BCUT2D eigenvalue weighted by atomic mass is 10.1. The number of nitrogens with zero attached hydrogens (tertiary/aromatic N) is 1. The molecule has 0 aliphatic heterocycles. The topological polar surface area (TPSA) is 15.3 Å². The standard InChI is InChI=1S/C13H28N2/c1-6-9-14-10-11-15(12(4)7-2)13(5)8-3/h6,9,12-14H,7-8,10-11H2,1-5H3/b9-6-. The SMILES string of the molecule is C/C=C\NCCN(C(C)CC)C(C)CC. The minimum absolute atomic E-state index is 0.687. The van der Waals surface area contributed by atoms with Crippen LogP contribution in [-0.2, 0) is 0 Å². The van der Waals surface area contributed by atoms with Gasteiger partial charge >= 0.3 is 0 Å². The third kappa shape index (κ3) is 5.83. The number of nitrogens with one attached hydrogen (secondary N) is 1. The van der Waals surface area contributed by atoms with Crippen LogP contribution in [0.2, 0.25) is 0 Å². The summed E-state index contributed by atoms with van der Waals surface area (Å²) in [6.07, 6.45) is 6.52. The van der Waals surface area contributed by atoms with E-state index in [-0.39, 0.29) is 0 Å². The summed E-state index contributed by atoms with van der Waals surface area (Å²) in [5, 5.41) is 3.30. The zero-order valence-electron chi connectivity index (χ0n) is 11.1. The molecule has 0 aliphatic rings. The van der Waals surface area contributed by atoms with Gasteiger partial charge in [-0.3, -0.25) is 4.90 Å². The van der Waals surface area contributed by atoms with Crippen molar-refractivity contribution in [1.82, 2.24) is 10.2 Å². The molecule has 90 valence electrons. The largest absolute Gasteiger partial charge is 0.390 e. The first-order valence-electron chi connectivity index (χ1n) is 6.27. The van der Waals surface area contributed by atoms with Crippen LogP contribution in [0, 0.1) is 0 Å². The summed E-state index contributed by atoms with van der Waals surface area (Å²) in [6.45, 7) is 13.4. The molecule has 1 N–H and O–H groups in total. The summed E-state index contributed by atoms with van der Waals surface area (Å²) in [7, 11) is 0. The van der Waals surface area contributed by atoms with E-state index in [0.29, 0.717) is 12.1 Å². The predicted octanol–water partition coefficient (Wildman–Crippen LogP) is 3.01. The fraction of sp³-hybridized carbons (Fsp3) is 0.846. The Kier molecular flexibility index (Phi) is 8.49. The molecule has 0 aromatic carbocycles. The van der Waals surface area contributed by atoms with Crippen LogP contribution in [0.4, 0.5) is 0 Å². The van der Waals surface area contributed by atoms with Crippen LogP contribution >= 0.6 is 0 Å². The van der Waals surface area contributed by atoms with E-state index in [4.69, 9.17) is 0 Å². The van der Waals surface area contributed by atoms with E-state index in [1.807, 2.05) is 19.2 Å². The van der Waals surface area contributed by atoms with E-state index in [9.17, 15) is 0 Å². The zero-order valence-corrected chi connectivity index (χ0v) is 11.1. The maximum atomic E-state index is 3.30. The lowest BCUT2D eigenvalue weighted by Gasteiger charge is -2.33. The highest BCUT2D eigenvalue weighted by atomic mass is 15.2. The summed E-state index contributed by atoms with van der Waals surface area (Å²) in [5.41, 5.74) is 0. The van der Waals surface area contributed by atoms with E-state index in [1.165, 1.54) is 12.8 Å². The summed E-state index contributed by atoms with van der Waals surface area (Å²) in [5.74, 6) is 0. The van der Waals surface area contributed by atoms with Crippen LogP contribution in [0.5, 0.6) is 0 Å².